The summed E-state index contributed by atoms with van der Waals surface area (Å²) in [4.78, 5) is 23.6. The SMILES string of the molecule is Cc1sc(-c2ccc(N3CCNCC3)cc2)nc1N1C2CCC(C2)[C@H]1C(=O)NCC#N. The Morgan fingerprint density at radius 2 is 2.06 bits per heavy atom. The summed E-state index contributed by atoms with van der Waals surface area (Å²) >= 11 is 1.69. The van der Waals surface area contributed by atoms with Gasteiger partial charge in [0, 0.05) is 48.3 Å². The van der Waals surface area contributed by atoms with Crippen molar-refractivity contribution in [3.63, 3.8) is 0 Å². The van der Waals surface area contributed by atoms with Crippen LogP contribution in [-0.4, -0.2) is 55.7 Å². The Bertz CT molecular complexity index is 990. The Morgan fingerprint density at radius 1 is 1.29 bits per heavy atom. The second-order valence-electron chi connectivity index (χ2n) is 8.64. The average Bonchev–Trinajstić information content (AvgIpc) is 3.52. The molecule has 31 heavy (non-hydrogen) atoms. The minimum atomic E-state index is -0.212. The molecule has 2 aromatic rings. The molecule has 3 heterocycles. The summed E-state index contributed by atoms with van der Waals surface area (Å²) in [6.45, 7) is 6.28. The van der Waals surface area contributed by atoms with E-state index in [2.05, 4.69) is 51.6 Å². The summed E-state index contributed by atoms with van der Waals surface area (Å²) < 4.78 is 0. The highest BCUT2D eigenvalue weighted by Gasteiger charge is 2.50. The predicted octanol–water partition coefficient (Wildman–Crippen LogP) is 2.53. The van der Waals surface area contributed by atoms with Crippen LogP contribution in [0.4, 0.5) is 11.5 Å². The van der Waals surface area contributed by atoms with Crippen molar-refractivity contribution in [3.8, 4) is 16.6 Å². The normalized spacial score (nSPS) is 25.0. The number of anilines is 2. The number of aromatic nitrogens is 1. The number of amides is 1. The van der Waals surface area contributed by atoms with Crippen LogP contribution in [0.2, 0.25) is 0 Å². The molecule has 3 atom stereocenters. The molecule has 8 heteroatoms. The first kappa shape index (κ1) is 20.3. The maximum atomic E-state index is 12.8. The number of rotatable bonds is 5. The van der Waals surface area contributed by atoms with E-state index in [4.69, 9.17) is 10.2 Å². The summed E-state index contributed by atoms with van der Waals surface area (Å²) in [6.07, 6.45) is 3.23. The van der Waals surface area contributed by atoms with Gasteiger partial charge < -0.3 is 20.4 Å². The second kappa shape index (κ2) is 8.48. The van der Waals surface area contributed by atoms with Gasteiger partial charge in [-0.05, 0) is 56.4 Å². The molecule has 2 bridgehead atoms. The molecule has 2 N–H and O–H groups in total. The molecule has 2 aliphatic heterocycles. The van der Waals surface area contributed by atoms with Crippen LogP contribution in [0.5, 0.6) is 0 Å². The zero-order valence-electron chi connectivity index (χ0n) is 17.8. The first-order valence-electron chi connectivity index (χ1n) is 11.1. The van der Waals surface area contributed by atoms with E-state index in [-0.39, 0.29) is 18.5 Å². The molecule has 5 rings (SSSR count). The molecule has 162 valence electrons. The van der Waals surface area contributed by atoms with Crippen LogP contribution in [-0.2, 0) is 4.79 Å². The zero-order chi connectivity index (χ0) is 21.4. The van der Waals surface area contributed by atoms with Crippen molar-refractivity contribution in [1.82, 2.24) is 15.6 Å². The van der Waals surface area contributed by atoms with Crippen molar-refractivity contribution in [2.45, 2.75) is 38.3 Å². The van der Waals surface area contributed by atoms with Gasteiger partial charge in [-0.2, -0.15) is 5.26 Å². The van der Waals surface area contributed by atoms with Gasteiger partial charge in [0.25, 0.3) is 0 Å². The molecule has 3 aliphatic rings. The summed E-state index contributed by atoms with van der Waals surface area (Å²) in [5.74, 6) is 1.25. The zero-order valence-corrected chi connectivity index (χ0v) is 18.6. The quantitative estimate of drug-likeness (QED) is 0.701. The number of piperazine rings is 1. The third kappa shape index (κ3) is 3.77. The van der Waals surface area contributed by atoms with Crippen molar-refractivity contribution < 1.29 is 4.79 Å². The first-order chi connectivity index (χ1) is 15.2. The van der Waals surface area contributed by atoms with Gasteiger partial charge in [-0.15, -0.1) is 11.3 Å². The van der Waals surface area contributed by atoms with E-state index in [9.17, 15) is 4.79 Å². The molecule has 2 saturated heterocycles. The van der Waals surface area contributed by atoms with E-state index in [1.54, 1.807) is 11.3 Å². The number of aryl methyl sites for hydroxylation is 1. The maximum absolute atomic E-state index is 12.8. The van der Waals surface area contributed by atoms with E-state index < -0.39 is 0 Å². The number of nitriles is 1. The highest BCUT2D eigenvalue weighted by Crippen LogP contribution is 2.47. The fraction of sp³-hybridized carbons (Fsp3) is 0.522. The minimum Gasteiger partial charge on any atom is -0.369 e. The molecule has 1 saturated carbocycles. The number of hydrogen-bond acceptors (Lipinski definition) is 7. The van der Waals surface area contributed by atoms with Crippen molar-refractivity contribution in [1.29, 1.82) is 5.26 Å². The monoisotopic (exact) mass is 436 g/mol. The standard InChI is InChI=1S/C23H28N6OS/c1-15-21(29-19-7-4-17(14-19)20(29)22(30)26-9-8-24)27-23(31-15)16-2-5-18(6-3-16)28-12-10-25-11-13-28/h2-3,5-6,17,19-20,25H,4,7,9-14H2,1H3,(H,26,30)/t17?,19?,20-/m0/s1. The summed E-state index contributed by atoms with van der Waals surface area (Å²) in [5.41, 5.74) is 2.37. The lowest BCUT2D eigenvalue weighted by molar-refractivity contribution is -0.123. The Labute approximate surface area is 187 Å². The van der Waals surface area contributed by atoms with Gasteiger partial charge in [0.1, 0.15) is 23.4 Å². The van der Waals surface area contributed by atoms with Crippen LogP contribution in [0.15, 0.2) is 24.3 Å². The lowest BCUT2D eigenvalue weighted by atomic mass is 9.98. The number of nitrogens with zero attached hydrogens (tertiary/aromatic N) is 4. The smallest absolute Gasteiger partial charge is 0.243 e. The number of fused-ring (bicyclic) bond motifs is 2. The molecule has 1 aromatic carbocycles. The van der Waals surface area contributed by atoms with Gasteiger partial charge in [-0.25, -0.2) is 4.98 Å². The van der Waals surface area contributed by atoms with Gasteiger partial charge in [0.2, 0.25) is 5.91 Å². The summed E-state index contributed by atoms with van der Waals surface area (Å²) in [6, 6.07) is 10.9. The number of hydrogen-bond donors (Lipinski definition) is 2. The van der Waals surface area contributed by atoms with Crippen molar-refractivity contribution in [2.75, 3.05) is 42.5 Å². The van der Waals surface area contributed by atoms with Gasteiger partial charge >= 0.3 is 0 Å². The fourth-order valence-corrected chi connectivity index (χ4v) is 6.27. The molecule has 1 aromatic heterocycles. The lowest BCUT2D eigenvalue weighted by Crippen LogP contribution is -2.51. The van der Waals surface area contributed by atoms with Crippen LogP contribution in [0.3, 0.4) is 0 Å². The van der Waals surface area contributed by atoms with E-state index >= 15 is 0 Å². The summed E-state index contributed by atoms with van der Waals surface area (Å²) in [7, 11) is 0. The van der Waals surface area contributed by atoms with Crippen LogP contribution < -0.4 is 20.4 Å². The molecule has 2 unspecified atom stereocenters. The third-order valence-corrected chi connectivity index (χ3v) is 7.82. The Balaban J connectivity index is 1.39. The number of thiazole rings is 1. The van der Waals surface area contributed by atoms with Crippen molar-refractivity contribution in [2.24, 2.45) is 5.92 Å². The second-order valence-corrected chi connectivity index (χ2v) is 9.84. The van der Waals surface area contributed by atoms with Gasteiger partial charge in [-0.1, -0.05) is 0 Å². The van der Waals surface area contributed by atoms with Crippen LogP contribution in [0.25, 0.3) is 10.6 Å². The number of carbonyl (C=O) groups is 1. The lowest BCUT2D eigenvalue weighted by Gasteiger charge is -2.35. The Kier molecular flexibility index (Phi) is 5.55. The molecule has 3 fully saturated rings. The topological polar surface area (TPSA) is 84.3 Å². The van der Waals surface area contributed by atoms with Crippen molar-refractivity contribution >= 4 is 28.7 Å². The fourth-order valence-electron chi connectivity index (χ4n) is 5.35. The highest BCUT2D eigenvalue weighted by molar-refractivity contribution is 7.15. The molecular formula is C23H28N6OS. The maximum Gasteiger partial charge on any atom is 0.243 e. The summed E-state index contributed by atoms with van der Waals surface area (Å²) in [5, 5.41) is 16.0. The third-order valence-electron chi connectivity index (χ3n) is 6.81. The molecule has 1 aliphatic carbocycles. The van der Waals surface area contributed by atoms with E-state index in [0.717, 1.165) is 66.7 Å². The first-order valence-corrected chi connectivity index (χ1v) is 11.9. The number of benzene rings is 1. The Hall–Kier alpha value is -2.63. The molecule has 0 radical (unpaired) electrons. The number of nitrogens with one attached hydrogen (secondary N) is 2. The Morgan fingerprint density at radius 3 is 2.81 bits per heavy atom. The molecular weight excluding hydrogens is 408 g/mol. The predicted molar refractivity (Wildman–Crippen MR) is 123 cm³/mol. The number of carbonyl (C=O) groups excluding carboxylic acids is 1. The van der Waals surface area contributed by atoms with E-state index in [1.165, 1.54) is 5.69 Å². The van der Waals surface area contributed by atoms with Crippen LogP contribution in [0.1, 0.15) is 24.1 Å². The van der Waals surface area contributed by atoms with Crippen LogP contribution in [0, 0.1) is 24.2 Å². The van der Waals surface area contributed by atoms with E-state index in [0.29, 0.717) is 12.0 Å². The van der Waals surface area contributed by atoms with Gasteiger partial charge in [0.15, 0.2) is 0 Å². The van der Waals surface area contributed by atoms with Crippen molar-refractivity contribution in [3.05, 3.63) is 29.1 Å². The van der Waals surface area contributed by atoms with Gasteiger partial charge in [-0.3, -0.25) is 4.79 Å². The largest absolute Gasteiger partial charge is 0.369 e. The minimum absolute atomic E-state index is 0.0388. The molecule has 0 spiro atoms. The van der Waals surface area contributed by atoms with Crippen LogP contribution >= 0.6 is 11.3 Å². The number of piperidine rings is 1. The van der Waals surface area contributed by atoms with Gasteiger partial charge in [0.05, 0.1) is 6.07 Å². The molecule has 7 nitrogen and oxygen atoms in total. The van der Waals surface area contributed by atoms with E-state index in [1.807, 2.05) is 6.07 Å². The molecule has 1 amide bonds. The highest BCUT2D eigenvalue weighted by atomic mass is 32.1. The average molecular weight is 437 g/mol.